The third kappa shape index (κ3) is 4.09. The highest BCUT2D eigenvalue weighted by atomic mass is 16.3. The van der Waals surface area contributed by atoms with E-state index in [9.17, 15) is 5.11 Å². The minimum Gasteiger partial charge on any atom is -0.385 e. The fourth-order valence-corrected chi connectivity index (χ4v) is 3.97. The predicted molar refractivity (Wildman–Crippen MR) is 116 cm³/mol. The standard InChI is InChI=1S/C22H27N7O/c1-14-12-28(13-15(2)29(14)19-10-11-23-20(26-19)16(3)30)22-25-17(4)24-21(27-22)18-8-6-5-7-9-18/h5-11,14-16,30H,12-13H2,1-4H3/t14-,15+,16-/m1/s1. The normalized spacial score (nSPS) is 20.3. The molecule has 0 aliphatic carbocycles. The van der Waals surface area contributed by atoms with Crippen LogP contribution in [0.2, 0.25) is 0 Å². The van der Waals surface area contributed by atoms with Crippen molar-refractivity contribution in [2.75, 3.05) is 22.9 Å². The Bertz CT molecular complexity index is 999. The Kier molecular flexibility index (Phi) is 5.59. The maximum Gasteiger partial charge on any atom is 0.229 e. The van der Waals surface area contributed by atoms with Crippen molar-refractivity contribution in [3.8, 4) is 11.4 Å². The van der Waals surface area contributed by atoms with Crippen LogP contribution in [0.1, 0.15) is 38.5 Å². The van der Waals surface area contributed by atoms with Crippen molar-refractivity contribution in [3.63, 3.8) is 0 Å². The van der Waals surface area contributed by atoms with Crippen molar-refractivity contribution < 1.29 is 5.11 Å². The molecule has 3 aromatic rings. The van der Waals surface area contributed by atoms with Crippen molar-refractivity contribution in [1.29, 1.82) is 0 Å². The van der Waals surface area contributed by atoms with Gasteiger partial charge in [0.1, 0.15) is 17.7 Å². The van der Waals surface area contributed by atoms with E-state index < -0.39 is 6.10 Å². The molecular weight excluding hydrogens is 378 g/mol. The second-order valence-corrected chi connectivity index (χ2v) is 7.83. The molecular formula is C22H27N7O. The SMILES string of the molecule is Cc1nc(-c2ccccc2)nc(N2C[C@@H](C)N(c3ccnc([C@@H](C)O)n3)[C@@H](C)C2)n1. The summed E-state index contributed by atoms with van der Waals surface area (Å²) < 4.78 is 0. The number of benzene rings is 1. The third-order valence-electron chi connectivity index (χ3n) is 5.27. The van der Waals surface area contributed by atoms with Gasteiger partial charge < -0.3 is 14.9 Å². The van der Waals surface area contributed by atoms with Gasteiger partial charge in [0.25, 0.3) is 0 Å². The van der Waals surface area contributed by atoms with E-state index in [1.165, 1.54) is 0 Å². The van der Waals surface area contributed by atoms with E-state index in [-0.39, 0.29) is 12.1 Å². The molecule has 8 nitrogen and oxygen atoms in total. The van der Waals surface area contributed by atoms with Crippen LogP contribution in [-0.4, -0.2) is 55.2 Å². The van der Waals surface area contributed by atoms with Crippen LogP contribution in [-0.2, 0) is 0 Å². The molecule has 1 N–H and O–H groups in total. The van der Waals surface area contributed by atoms with Crippen molar-refractivity contribution in [1.82, 2.24) is 24.9 Å². The minimum absolute atomic E-state index is 0.183. The molecule has 3 atom stereocenters. The van der Waals surface area contributed by atoms with Crippen LogP contribution in [0.3, 0.4) is 0 Å². The van der Waals surface area contributed by atoms with Crippen molar-refractivity contribution in [2.24, 2.45) is 0 Å². The summed E-state index contributed by atoms with van der Waals surface area (Å²) in [6.45, 7) is 9.43. The van der Waals surface area contributed by atoms with Gasteiger partial charge in [-0.05, 0) is 33.8 Å². The zero-order valence-electron chi connectivity index (χ0n) is 17.8. The average Bonchev–Trinajstić information content (AvgIpc) is 2.73. The molecule has 0 saturated carbocycles. The summed E-state index contributed by atoms with van der Waals surface area (Å²) >= 11 is 0. The highest BCUT2D eigenvalue weighted by Gasteiger charge is 2.32. The van der Waals surface area contributed by atoms with Gasteiger partial charge in [-0.1, -0.05) is 30.3 Å². The topological polar surface area (TPSA) is 91.2 Å². The molecule has 0 bridgehead atoms. The molecule has 0 amide bonds. The predicted octanol–water partition coefficient (Wildman–Crippen LogP) is 2.79. The smallest absolute Gasteiger partial charge is 0.229 e. The zero-order chi connectivity index (χ0) is 21.3. The lowest BCUT2D eigenvalue weighted by Gasteiger charge is -2.45. The van der Waals surface area contributed by atoms with Crippen LogP contribution >= 0.6 is 0 Å². The monoisotopic (exact) mass is 405 g/mol. The van der Waals surface area contributed by atoms with Crippen LogP contribution in [0.5, 0.6) is 0 Å². The summed E-state index contributed by atoms with van der Waals surface area (Å²) in [5.74, 6) is 3.37. The molecule has 1 aliphatic rings. The summed E-state index contributed by atoms with van der Waals surface area (Å²) in [6, 6.07) is 12.2. The number of aliphatic hydroxyl groups is 1. The lowest BCUT2D eigenvalue weighted by molar-refractivity contribution is 0.189. The Morgan fingerprint density at radius 2 is 1.67 bits per heavy atom. The van der Waals surface area contributed by atoms with E-state index in [4.69, 9.17) is 4.98 Å². The molecule has 2 aromatic heterocycles. The lowest BCUT2D eigenvalue weighted by Crippen LogP contribution is -2.57. The van der Waals surface area contributed by atoms with E-state index in [0.29, 0.717) is 23.4 Å². The van der Waals surface area contributed by atoms with Crippen molar-refractivity contribution in [2.45, 2.75) is 45.9 Å². The molecule has 1 saturated heterocycles. The number of piperazine rings is 1. The first-order valence-electron chi connectivity index (χ1n) is 10.2. The van der Waals surface area contributed by atoms with Gasteiger partial charge in [0.15, 0.2) is 11.6 Å². The summed E-state index contributed by atoms with van der Waals surface area (Å²) in [7, 11) is 0. The first-order valence-corrected chi connectivity index (χ1v) is 10.2. The second-order valence-electron chi connectivity index (χ2n) is 7.83. The molecule has 30 heavy (non-hydrogen) atoms. The fraction of sp³-hybridized carbons (Fsp3) is 0.409. The van der Waals surface area contributed by atoms with Gasteiger partial charge in [0, 0.05) is 36.9 Å². The van der Waals surface area contributed by atoms with Gasteiger partial charge in [-0.25, -0.2) is 15.0 Å². The number of aryl methyl sites for hydroxylation is 1. The van der Waals surface area contributed by atoms with Gasteiger partial charge in [0.05, 0.1) is 0 Å². The van der Waals surface area contributed by atoms with Gasteiger partial charge in [-0.2, -0.15) is 9.97 Å². The van der Waals surface area contributed by atoms with Crippen molar-refractivity contribution >= 4 is 11.8 Å². The van der Waals surface area contributed by atoms with Gasteiger partial charge in [-0.15, -0.1) is 0 Å². The molecule has 1 fully saturated rings. The highest BCUT2D eigenvalue weighted by molar-refractivity contribution is 5.56. The average molecular weight is 406 g/mol. The lowest BCUT2D eigenvalue weighted by atomic mass is 10.1. The number of hydrogen-bond acceptors (Lipinski definition) is 8. The molecule has 4 rings (SSSR count). The summed E-state index contributed by atoms with van der Waals surface area (Å²) in [5, 5.41) is 9.84. The quantitative estimate of drug-likeness (QED) is 0.709. The van der Waals surface area contributed by atoms with E-state index in [1.807, 2.05) is 43.3 Å². The van der Waals surface area contributed by atoms with E-state index in [2.05, 4.69) is 43.6 Å². The second kappa shape index (κ2) is 8.31. The van der Waals surface area contributed by atoms with E-state index >= 15 is 0 Å². The molecule has 3 heterocycles. The first-order chi connectivity index (χ1) is 14.4. The Morgan fingerprint density at radius 3 is 2.33 bits per heavy atom. The number of aromatic nitrogens is 5. The highest BCUT2D eigenvalue weighted by Crippen LogP contribution is 2.26. The van der Waals surface area contributed by atoms with Crippen LogP contribution in [0.15, 0.2) is 42.6 Å². The Labute approximate surface area is 176 Å². The number of rotatable bonds is 4. The maximum absolute atomic E-state index is 9.84. The molecule has 1 aliphatic heterocycles. The molecule has 0 unspecified atom stereocenters. The Morgan fingerprint density at radius 1 is 0.967 bits per heavy atom. The zero-order valence-corrected chi connectivity index (χ0v) is 17.8. The van der Waals surface area contributed by atoms with E-state index in [1.54, 1.807) is 13.1 Å². The van der Waals surface area contributed by atoms with Crippen molar-refractivity contribution in [3.05, 3.63) is 54.2 Å². The fourth-order valence-electron chi connectivity index (χ4n) is 3.97. The number of hydrogen-bond donors (Lipinski definition) is 1. The molecule has 0 spiro atoms. The number of aliphatic hydroxyl groups excluding tert-OH is 1. The van der Waals surface area contributed by atoms with Crippen LogP contribution in [0.4, 0.5) is 11.8 Å². The van der Waals surface area contributed by atoms with Crippen LogP contribution in [0, 0.1) is 6.92 Å². The van der Waals surface area contributed by atoms with Gasteiger partial charge >= 0.3 is 0 Å². The van der Waals surface area contributed by atoms with Gasteiger partial charge in [-0.3, -0.25) is 0 Å². The Hall–Kier alpha value is -3.13. The maximum atomic E-state index is 9.84. The minimum atomic E-state index is -0.693. The van der Waals surface area contributed by atoms with Crippen LogP contribution in [0.25, 0.3) is 11.4 Å². The summed E-state index contributed by atoms with van der Waals surface area (Å²) in [4.78, 5) is 27.1. The summed E-state index contributed by atoms with van der Waals surface area (Å²) in [5.41, 5.74) is 0.982. The number of anilines is 2. The molecule has 8 heteroatoms. The third-order valence-corrected chi connectivity index (χ3v) is 5.27. The van der Waals surface area contributed by atoms with Gasteiger partial charge in [0.2, 0.25) is 5.95 Å². The first kappa shape index (κ1) is 20.2. The molecule has 1 aromatic carbocycles. The Balaban J connectivity index is 1.59. The number of nitrogens with zero attached hydrogens (tertiary/aromatic N) is 7. The largest absolute Gasteiger partial charge is 0.385 e. The van der Waals surface area contributed by atoms with Crippen LogP contribution < -0.4 is 9.80 Å². The summed E-state index contributed by atoms with van der Waals surface area (Å²) in [6.07, 6.45) is 1.01. The molecule has 156 valence electrons. The molecule has 0 radical (unpaired) electrons. The van der Waals surface area contributed by atoms with E-state index in [0.717, 1.165) is 24.5 Å².